The van der Waals surface area contributed by atoms with Crippen LogP contribution in [0.1, 0.15) is 42.6 Å². The highest BCUT2D eigenvalue weighted by atomic mass is 16.1. The summed E-state index contributed by atoms with van der Waals surface area (Å²) >= 11 is 0. The number of allylic oxidation sites excluding steroid dienone is 2. The Morgan fingerprint density at radius 3 is 2.45 bits per heavy atom. The van der Waals surface area contributed by atoms with Gasteiger partial charge in [-0.25, -0.2) is 0 Å². The Bertz CT molecular complexity index is 781. The molecule has 0 unspecified atom stereocenters. The molecular weight excluding hydrogens is 276 g/mol. The van der Waals surface area contributed by atoms with E-state index < -0.39 is 0 Å². The van der Waals surface area contributed by atoms with Crippen molar-refractivity contribution in [3.05, 3.63) is 40.6 Å². The van der Waals surface area contributed by atoms with Crippen LogP contribution in [0, 0.1) is 34.0 Å². The molecule has 22 heavy (non-hydrogen) atoms. The van der Waals surface area contributed by atoms with E-state index in [1.54, 1.807) is 30.3 Å². The number of benzene rings is 1. The number of rotatable bonds is 2. The second-order valence-electron chi connectivity index (χ2n) is 5.78. The van der Waals surface area contributed by atoms with Crippen molar-refractivity contribution in [2.45, 2.75) is 32.1 Å². The van der Waals surface area contributed by atoms with E-state index in [2.05, 4.69) is 19.2 Å². The Balaban J connectivity index is 2.46. The number of carbonyl (C=O) groups excluding carboxylic acids is 1. The number of ketones is 1. The molecule has 0 saturated heterocycles. The predicted octanol–water partition coefficient (Wildman–Crippen LogP) is 3.18. The average Bonchev–Trinajstić information content (AvgIpc) is 2.51. The first-order valence-corrected chi connectivity index (χ1v) is 6.82. The number of nitriles is 3. The van der Waals surface area contributed by atoms with Gasteiger partial charge >= 0.3 is 0 Å². The smallest absolute Gasteiger partial charge is 0.163 e. The Morgan fingerprint density at radius 2 is 1.86 bits per heavy atom. The molecule has 2 rings (SSSR count). The molecule has 108 valence electrons. The first kappa shape index (κ1) is 15.3. The maximum atomic E-state index is 12.1. The molecule has 0 fully saturated rings. The van der Waals surface area contributed by atoms with Crippen LogP contribution in [-0.4, -0.2) is 5.78 Å². The van der Waals surface area contributed by atoms with Crippen LogP contribution in [0.4, 0.5) is 5.69 Å². The highest BCUT2D eigenvalue weighted by Gasteiger charge is 2.31. The van der Waals surface area contributed by atoms with Gasteiger partial charge in [0, 0.05) is 17.7 Å². The van der Waals surface area contributed by atoms with Crippen LogP contribution < -0.4 is 5.32 Å². The molecule has 1 aliphatic rings. The molecule has 1 N–H and O–H groups in total. The Kier molecular flexibility index (Phi) is 3.97. The molecule has 1 aromatic rings. The van der Waals surface area contributed by atoms with Crippen LogP contribution in [0.3, 0.4) is 0 Å². The number of nitrogens with zero attached hydrogens (tertiary/aromatic N) is 3. The summed E-state index contributed by atoms with van der Waals surface area (Å²) in [6.07, 6.45) is 1.30. The van der Waals surface area contributed by atoms with Gasteiger partial charge in [-0.1, -0.05) is 19.9 Å². The fourth-order valence-electron chi connectivity index (χ4n) is 2.57. The molecule has 5 heteroatoms. The van der Waals surface area contributed by atoms with E-state index in [9.17, 15) is 4.79 Å². The highest BCUT2D eigenvalue weighted by molar-refractivity contribution is 6.00. The van der Waals surface area contributed by atoms with Gasteiger partial charge in [-0.2, -0.15) is 15.8 Å². The maximum Gasteiger partial charge on any atom is 0.163 e. The van der Waals surface area contributed by atoms with Gasteiger partial charge in [0.1, 0.15) is 23.9 Å². The number of Topliss-reactive ketones (excluding diaryl/α,β-unsaturated/α-hetero) is 1. The molecule has 1 aliphatic carbocycles. The summed E-state index contributed by atoms with van der Waals surface area (Å²) in [6.45, 7) is 4.19. The van der Waals surface area contributed by atoms with Gasteiger partial charge < -0.3 is 5.32 Å². The van der Waals surface area contributed by atoms with E-state index >= 15 is 0 Å². The summed E-state index contributed by atoms with van der Waals surface area (Å²) in [5.74, 6) is 0.0706. The van der Waals surface area contributed by atoms with Gasteiger partial charge in [0.05, 0.1) is 0 Å². The summed E-state index contributed by atoms with van der Waals surface area (Å²) in [6, 6.07) is 10.4. The predicted molar refractivity (Wildman–Crippen MR) is 80.5 cm³/mol. The van der Waals surface area contributed by atoms with Crippen LogP contribution in [0.25, 0.3) is 0 Å². The fourth-order valence-corrected chi connectivity index (χ4v) is 2.57. The van der Waals surface area contributed by atoms with Crippen LogP contribution in [0.15, 0.2) is 29.5 Å². The van der Waals surface area contributed by atoms with Gasteiger partial charge in [0.25, 0.3) is 0 Å². The van der Waals surface area contributed by atoms with E-state index in [0.717, 1.165) is 12.0 Å². The van der Waals surface area contributed by atoms with E-state index in [1.807, 2.05) is 6.07 Å². The van der Waals surface area contributed by atoms with Gasteiger partial charge in [-0.15, -0.1) is 0 Å². The second kappa shape index (κ2) is 5.72. The minimum Gasteiger partial charge on any atom is -0.345 e. The normalized spacial score (nSPS) is 14.8. The molecule has 0 atom stereocenters. The van der Waals surface area contributed by atoms with Crippen LogP contribution in [0.2, 0.25) is 0 Å². The Labute approximate surface area is 129 Å². The average molecular weight is 290 g/mol. The molecular formula is C17H14N4O. The zero-order valence-electron chi connectivity index (χ0n) is 12.4. The third-order valence-corrected chi connectivity index (χ3v) is 3.88. The number of nitrogens with one attached hydrogen (secondary N) is 1. The minimum atomic E-state index is -0.285. The summed E-state index contributed by atoms with van der Waals surface area (Å²) in [5, 5.41) is 29.5. The van der Waals surface area contributed by atoms with Gasteiger partial charge in [0.2, 0.25) is 0 Å². The van der Waals surface area contributed by atoms with Crippen molar-refractivity contribution in [2.75, 3.05) is 5.32 Å². The lowest BCUT2D eigenvalue weighted by Gasteiger charge is -2.31. The quantitative estimate of drug-likeness (QED) is 0.843. The van der Waals surface area contributed by atoms with Crippen molar-refractivity contribution in [1.29, 1.82) is 15.8 Å². The summed E-state index contributed by atoms with van der Waals surface area (Å²) < 4.78 is 0. The van der Waals surface area contributed by atoms with E-state index in [4.69, 9.17) is 15.8 Å². The van der Waals surface area contributed by atoms with Gasteiger partial charge in [0.15, 0.2) is 11.4 Å². The van der Waals surface area contributed by atoms with Gasteiger partial charge in [-0.05, 0) is 29.5 Å². The molecule has 0 bridgehead atoms. The first-order valence-electron chi connectivity index (χ1n) is 6.82. The first-order chi connectivity index (χ1) is 10.4. The molecule has 0 aliphatic heterocycles. The molecule has 0 saturated carbocycles. The van der Waals surface area contributed by atoms with Crippen molar-refractivity contribution in [1.82, 2.24) is 0 Å². The lowest BCUT2D eigenvalue weighted by molar-refractivity contribution is 0.0957. The zero-order valence-corrected chi connectivity index (χ0v) is 12.4. The molecule has 0 aromatic heterocycles. The standard InChI is InChI=1S/C17H14N4O/c1-17(2)6-5-16(22)13-7-12(3-4-14(13)17)21-15(10-20)11(8-18)9-19/h3-4,7,21H,5-6H2,1-2H3. The van der Waals surface area contributed by atoms with Crippen molar-refractivity contribution in [2.24, 2.45) is 0 Å². The van der Waals surface area contributed by atoms with E-state index in [0.29, 0.717) is 17.7 Å². The number of carbonyl (C=O) groups is 1. The maximum absolute atomic E-state index is 12.1. The van der Waals surface area contributed by atoms with E-state index in [1.165, 1.54) is 0 Å². The number of fused-ring (bicyclic) bond motifs is 1. The topological polar surface area (TPSA) is 100 Å². The Morgan fingerprint density at radius 1 is 1.18 bits per heavy atom. The van der Waals surface area contributed by atoms with Gasteiger partial charge in [-0.3, -0.25) is 4.79 Å². The van der Waals surface area contributed by atoms with Crippen LogP contribution >= 0.6 is 0 Å². The molecule has 0 heterocycles. The Hall–Kier alpha value is -3.10. The molecule has 0 spiro atoms. The molecule has 1 aromatic carbocycles. The number of hydrogen-bond donors (Lipinski definition) is 1. The SMILES string of the molecule is CC1(C)CCC(=O)c2cc(NC(C#N)=C(C#N)C#N)ccc21. The summed E-state index contributed by atoms with van der Waals surface area (Å²) in [5.41, 5.74) is 1.66. The molecule has 0 radical (unpaired) electrons. The fraction of sp³-hybridized carbons (Fsp3) is 0.294. The van der Waals surface area contributed by atoms with Crippen LogP contribution in [-0.2, 0) is 5.41 Å². The monoisotopic (exact) mass is 290 g/mol. The van der Waals surface area contributed by atoms with Crippen molar-refractivity contribution < 1.29 is 4.79 Å². The largest absolute Gasteiger partial charge is 0.345 e. The van der Waals surface area contributed by atoms with Crippen molar-refractivity contribution in [3.8, 4) is 18.2 Å². The number of hydrogen-bond acceptors (Lipinski definition) is 5. The second-order valence-corrected chi connectivity index (χ2v) is 5.78. The third kappa shape index (κ3) is 2.68. The minimum absolute atomic E-state index is 0.0693. The highest BCUT2D eigenvalue weighted by Crippen LogP contribution is 2.37. The lowest BCUT2D eigenvalue weighted by Crippen LogP contribution is -2.27. The zero-order chi connectivity index (χ0) is 16.3. The summed E-state index contributed by atoms with van der Waals surface area (Å²) in [4.78, 5) is 12.1. The third-order valence-electron chi connectivity index (χ3n) is 3.88. The lowest BCUT2D eigenvalue weighted by atomic mass is 9.72. The van der Waals surface area contributed by atoms with Crippen molar-refractivity contribution in [3.63, 3.8) is 0 Å². The molecule has 0 amide bonds. The van der Waals surface area contributed by atoms with Crippen molar-refractivity contribution >= 4 is 11.5 Å². The summed E-state index contributed by atoms with van der Waals surface area (Å²) in [7, 11) is 0. The number of anilines is 1. The molecule has 5 nitrogen and oxygen atoms in total. The van der Waals surface area contributed by atoms with Crippen LogP contribution in [0.5, 0.6) is 0 Å². The van der Waals surface area contributed by atoms with E-state index in [-0.39, 0.29) is 22.5 Å².